The van der Waals surface area contributed by atoms with E-state index in [2.05, 4.69) is 15.0 Å². The van der Waals surface area contributed by atoms with Gasteiger partial charge in [-0.2, -0.15) is 13.2 Å². The van der Waals surface area contributed by atoms with E-state index >= 15 is 0 Å². The van der Waals surface area contributed by atoms with Gasteiger partial charge in [0.25, 0.3) is 5.56 Å². The molecule has 4 heterocycles. The molecule has 0 aliphatic rings. The summed E-state index contributed by atoms with van der Waals surface area (Å²) in [4.78, 5) is 24.2. The molecule has 0 amide bonds. The van der Waals surface area contributed by atoms with Gasteiger partial charge in [0.15, 0.2) is 0 Å². The highest BCUT2D eigenvalue weighted by atomic mass is 35.5. The number of H-pyrrole nitrogens is 1. The van der Waals surface area contributed by atoms with Crippen molar-refractivity contribution < 1.29 is 17.6 Å². The molecule has 150 valence electrons. The SMILES string of the molecule is CC(Sc1ncc(C(F)(F)F)cc1Cl)c1nc2scc(-c3ccco3)c2c(=O)[nH]1. The quantitative estimate of drug-likeness (QED) is 0.371. The van der Waals surface area contributed by atoms with Crippen molar-refractivity contribution in [1.82, 2.24) is 15.0 Å². The lowest BCUT2D eigenvalue weighted by Crippen LogP contribution is -2.12. The van der Waals surface area contributed by atoms with Crippen LogP contribution >= 0.6 is 34.7 Å². The molecule has 0 fully saturated rings. The zero-order valence-corrected chi connectivity index (χ0v) is 17.0. The number of alkyl halides is 3. The predicted octanol–water partition coefficient (Wildman–Crippen LogP) is 6.17. The third kappa shape index (κ3) is 3.92. The Bertz CT molecular complexity index is 1240. The summed E-state index contributed by atoms with van der Waals surface area (Å²) in [5.74, 6) is 0.942. The number of thiophene rings is 1. The predicted molar refractivity (Wildman–Crippen MR) is 106 cm³/mol. The molecular weight excluding hydrogens is 447 g/mol. The Balaban J connectivity index is 1.64. The van der Waals surface area contributed by atoms with Crippen LogP contribution in [0.15, 0.2) is 50.3 Å². The van der Waals surface area contributed by atoms with Gasteiger partial charge in [-0.1, -0.05) is 23.4 Å². The second kappa shape index (κ2) is 7.51. The maximum Gasteiger partial charge on any atom is 0.417 e. The minimum absolute atomic E-state index is 0.115. The number of fused-ring (bicyclic) bond motifs is 1. The van der Waals surface area contributed by atoms with Crippen molar-refractivity contribution in [2.24, 2.45) is 0 Å². The van der Waals surface area contributed by atoms with E-state index in [9.17, 15) is 18.0 Å². The number of thioether (sulfide) groups is 1. The summed E-state index contributed by atoms with van der Waals surface area (Å²) in [5, 5.41) is 1.93. The molecule has 11 heteroatoms. The van der Waals surface area contributed by atoms with Crippen LogP contribution in [0.3, 0.4) is 0 Å². The Kier molecular flexibility index (Phi) is 5.18. The molecule has 4 aromatic heterocycles. The molecule has 1 atom stereocenters. The highest BCUT2D eigenvalue weighted by Gasteiger charge is 2.32. The molecule has 0 aliphatic carbocycles. The normalized spacial score (nSPS) is 13.1. The van der Waals surface area contributed by atoms with Crippen LogP contribution in [0, 0.1) is 0 Å². The number of hydrogen-bond acceptors (Lipinski definition) is 6. The smallest absolute Gasteiger partial charge is 0.417 e. The summed E-state index contributed by atoms with van der Waals surface area (Å²) in [6.07, 6.45) is -2.27. The number of halogens is 4. The van der Waals surface area contributed by atoms with Crippen LogP contribution < -0.4 is 5.56 Å². The second-order valence-corrected chi connectivity index (χ2v) is 8.62. The Morgan fingerprint density at radius 2 is 2.17 bits per heavy atom. The first-order chi connectivity index (χ1) is 13.7. The number of aromatic nitrogens is 3. The van der Waals surface area contributed by atoms with Crippen LogP contribution in [0.1, 0.15) is 23.6 Å². The monoisotopic (exact) mass is 457 g/mol. The van der Waals surface area contributed by atoms with E-state index < -0.39 is 17.0 Å². The van der Waals surface area contributed by atoms with E-state index in [1.807, 2.05) is 0 Å². The van der Waals surface area contributed by atoms with Gasteiger partial charge in [0.1, 0.15) is 21.4 Å². The van der Waals surface area contributed by atoms with Crippen molar-refractivity contribution >= 4 is 44.9 Å². The highest BCUT2D eigenvalue weighted by molar-refractivity contribution is 7.99. The van der Waals surface area contributed by atoms with Gasteiger partial charge in [-0.15, -0.1) is 11.3 Å². The number of aromatic amines is 1. The summed E-state index contributed by atoms with van der Waals surface area (Å²) >= 11 is 8.38. The number of furan rings is 1. The second-order valence-electron chi connectivity index (χ2n) is 6.03. The Hall–Kier alpha value is -2.30. The molecule has 1 N–H and O–H groups in total. The van der Waals surface area contributed by atoms with Gasteiger partial charge >= 0.3 is 6.18 Å². The molecule has 5 nitrogen and oxygen atoms in total. The minimum Gasteiger partial charge on any atom is -0.464 e. The van der Waals surface area contributed by atoms with Gasteiger partial charge in [0.2, 0.25) is 0 Å². The average Bonchev–Trinajstić information content (AvgIpc) is 3.31. The van der Waals surface area contributed by atoms with E-state index in [-0.39, 0.29) is 15.6 Å². The molecule has 0 bridgehead atoms. The maximum atomic E-state index is 12.8. The molecule has 0 spiro atoms. The first-order valence-corrected chi connectivity index (χ1v) is 10.3. The van der Waals surface area contributed by atoms with Gasteiger partial charge < -0.3 is 9.40 Å². The molecule has 0 saturated heterocycles. The van der Waals surface area contributed by atoms with Gasteiger partial charge in [-0.3, -0.25) is 4.79 Å². The Morgan fingerprint density at radius 3 is 2.83 bits per heavy atom. The third-order valence-electron chi connectivity index (χ3n) is 4.06. The van der Waals surface area contributed by atoms with Crippen LogP contribution in [0.25, 0.3) is 21.5 Å². The molecule has 0 radical (unpaired) electrons. The lowest BCUT2D eigenvalue weighted by molar-refractivity contribution is -0.137. The fourth-order valence-electron chi connectivity index (χ4n) is 2.66. The molecule has 4 aromatic rings. The van der Waals surface area contributed by atoms with Crippen molar-refractivity contribution in [2.45, 2.75) is 23.4 Å². The average molecular weight is 458 g/mol. The third-order valence-corrected chi connectivity index (χ3v) is 6.45. The minimum atomic E-state index is -4.52. The molecule has 0 saturated carbocycles. The van der Waals surface area contributed by atoms with Gasteiger partial charge in [-0.05, 0) is 25.1 Å². The van der Waals surface area contributed by atoms with Crippen LogP contribution in [0.4, 0.5) is 13.2 Å². The number of hydrogen-bond donors (Lipinski definition) is 1. The fraction of sp³-hybridized carbons (Fsp3) is 0.167. The van der Waals surface area contributed by atoms with E-state index in [0.717, 1.165) is 24.0 Å². The van der Waals surface area contributed by atoms with Crippen LogP contribution in [0.5, 0.6) is 0 Å². The van der Waals surface area contributed by atoms with Crippen molar-refractivity contribution in [1.29, 1.82) is 0 Å². The number of pyridine rings is 1. The van der Waals surface area contributed by atoms with Crippen LogP contribution in [-0.2, 0) is 6.18 Å². The maximum absolute atomic E-state index is 12.8. The van der Waals surface area contributed by atoms with Crippen molar-refractivity contribution in [3.05, 3.63) is 62.8 Å². The molecular formula is C18H11ClF3N3O2S2. The molecule has 4 rings (SSSR count). The molecule has 29 heavy (non-hydrogen) atoms. The van der Waals surface area contributed by atoms with Gasteiger partial charge in [0.05, 0.1) is 27.5 Å². The lowest BCUT2D eigenvalue weighted by atomic mass is 10.2. The summed E-state index contributed by atoms with van der Waals surface area (Å²) < 4.78 is 43.7. The Morgan fingerprint density at radius 1 is 1.38 bits per heavy atom. The van der Waals surface area contributed by atoms with E-state index in [1.165, 1.54) is 17.6 Å². The largest absolute Gasteiger partial charge is 0.464 e. The van der Waals surface area contributed by atoms with Crippen LogP contribution in [0.2, 0.25) is 5.02 Å². The summed E-state index contributed by atoms with van der Waals surface area (Å²) in [6.45, 7) is 1.76. The highest BCUT2D eigenvalue weighted by Crippen LogP contribution is 2.39. The number of nitrogens with one attached hydrogen (secondary N) is 1. The summed E-state index contributed by atoms with van der Waals surface area (Å²) in [7, 11) is 0. The number of nitrogens with zero attached hydrogens (tertiary/aromatic N) is 2. The van der Waals surface area contributed by atoms with Gasteiger partial charge in [0, 0.05) is 17.1 Å². The first kappa shape index (κ1) is 20.0. The molecule has 0 aliphatic heterocycles. The number of rotatable bonds is 4. The van der Waals surface area contributed by atoms with E-state index in [1.54, 1.807) is 24.4 Å². The standard InChI is InChI=1S/C18H11ClF3N3O2S2/c1-8(29-16-11(19)5-9(6-23-16)18(20,21)22)14-24-15(26)13-10(7-28-17(13)25-14)12-3-2-4-27-12/h2-8H,1H3,(H,24,25,26). The van der Waals surface area contributed by atoms with Crippen molar-refractivity contribution in [3.8, 4) is 11.3 Å². The Labute approximate surface area is 175 Å². The topological polar surface area (TPSA) is 71.8 Å². The first-order valence-electron chi connectivity index (χ1n) is 8.18. The molecule has 0 aromatic carbocycles. The van der Waals surface area contributed by atoms with Crippen molar-refractivity contribution in [3.63, 3.8) is 0 Å². The fourth-order valence-corrected chi connectivity index (χ4v) is 4.74. The summed E-state index contributed by atoms with van der Waals surface area (Å²) in [6, 6.07) is 4.32. The van der Waals surface area contributed by atoms with E-state index in [4.69, 9.17) is 16.0 Å². The molecule has 1 unspecified atom stereocenters. The van der Waals surface area contributed by atoms with E-state index in [0.29, 0.717) is 27.4 Å². The van der Waals surface area contributed by atoms with Crippen molar-refractivity contribution in [2.75, 3.05) is 0 Å². The zero-order chi connectivity index (χ0) is 20.8. The van der Waals surface area contributed by atoms with Crippen LogP contribution in [-0.4, -0.2) is 15.0 Å². The zero-order valence-electron chi connectivity index (χ0n) is 14.6. The van der Waals surface area contributed by atoms with Gasteiger partial charge in [-0.25, -0.2) is 9.97 Å². The lowest BCUT2D eigenvalue weighted by Gasteiger charge is -2.12. The summed E-state index contributed by atoms with van der Waals surface area (Å²) in [5.41, 5.74) is -0.587.